The van der Waals surface area contributed by atoms with Gasteiger partial charge in [-0.2, -0.15) is 5.10 Å². The lowest BCUT2D eigenvalue weighted by molar-refractivity contribution is 0.108. The first-order chi connectivity index (χ1) is 12.8. The van der Waals surface area contributed by atoms with Gasteiger partial charge in [-0.3, -0.25) is 9.20 Å². The van der Waals surface area contributed by atoms with Crippen LogP contribution in [-0.4, -0.2) is 43.6 Å². The Morgan fingerprint density at radius 3 is 3.19 bits per heavy atom. The standard InChI is InChI=1S/C18H20N6O2/c25-17-10-13-12-26-9-6-15(13)21-24(17)11-14-4-3-8-22(14)18-20-19-16-5-1-2-7-23(16)18/h1-2,5,7,10,14H,3-4,6,8-9,11-12H2. The first kappa shape index (κ1) is 15.5. The van der Waals surface area contributed by atoms with Crippen molar-refractivity contribution in [3.05, 3.63) is 52.1 Å². The van der Waals surface area contributed by atoms with Crippen LogP contribution in [0.5, 0.6) is 0 Å². The van der Waals surface area contributed by atoms with Gasteiger partial charge >= 0.3 is 0 Å². The van der Waals surface area contributed by atoms with Crippen LogP contribution in [0, 0.1) is 0 Å². The maximum absolute atomic E-state index is 12.5. The zero-order valence-electron chi connectivity index (χ0n) is 14.4. The summed E-state index contributed by atoms with van der Waals surface area (Å²) >= 11 is 0. The molecule has 5 rings (SSSR count). The Morgan fingerprint density at radius 1 is 1.27 bits per heavy atom. The number of ether oxygens (including phenoxy) is 1. The largest absolute Gasteiger partial charge is 0.376 e. The van der Waals surface area contributed by atoms with Crippen LogP contribution in [0.4, 0.5) is 5.95 Å². The molecule has 1 unspecified atom stereocenters. The molecule has 8 nitrogen and oxygen atoms in total. The Labute approximate surface area is 150 Å². The third-order valence-corrected chi connectivity index (χ3v) is 5.22. The van der Waals surface area contributed by atoms with E-state index < -0.39 is 0 Å². The molecule has 0 saturated carbocycles. The van der Waals surface area contributed by atoms with Crippen molar-refractivity contribution in [2.24, 2.45) is 0 Å². The average molecular weight is 352 g/mol. The van der Waals surface area contributed by atoms with Gasteiger partial charge in [-0.25, -0.2) is 4.68 Å². The molecular formula is C18H20N6O2. The second-order valence-electron chi connectivity index (χ2n) is 6.86. The quantitative estimate of drug-likeness (QED) is 0.701. The van der Waals surface area contributed by atoms with Crippen LogP contribution in [0.25, 0.3) is 5.65 Å². The molecule has 1 saturated heterocycles. The molecule has 26 heavy (non-hydrogen) atoms. The minimum atomic E-state index is -0.0628. The third-order valence-electron chi connectivity index (χ3n) is 5.22. The molecule has 0 radical (unpaired) electrons. The van der Waals surface area contributed by atoms with Gasteiger partial charge in [0.25, 0.3) is 5.56 Å². The molecule has 1 atom stereocenters. The van der Waals surface area contributed by atoms with Crippen molar-refractivity contribution in [2.75, 3.05) is 18.1 Å². The molecule has 0 aliphatic carbocycles. The van der Waals surface area contributed by atoms with Crippen LogP contribution in [0.3, 0.4) is 0 Å². The Balaban J connectivity index is 1.46. The van der Waals surface area contributed by atoms with Crippen molar-refractivity contribution >= 4 is 11.6 Å². The molecule has 3 aromatic rings. The minimum absolute atomic E-state index is 0.0628. The Kier molecular flexibility index (Phi) is 3.70. The second kappa shape index (κ2) is 6.21. The SMILES string of the molecule is O=c1cc2c(nn1CC1CCCN1c1nnc3ccccn13)CCOC2. The van der Waals surface area contributed by atoms with E-state index >= 15 is 0 Å². The van der Waals surface area contributed by atoms with Crippen molar-refractivity contribution in [1.29, 1.82) is 0 Å². The normalized spacial score (nSPS) is 19.8. The van der Waals surface area contributed by atoms with E-state index in [1.165, 1.54) is 0 Å². The van der Waals surface area contributed by atoms with Crippen LogP contribution in [0.1, 0.15) is 24.1 Å². The van der Waals surface area contributed by atoms with Gasteiger partial charge in [0.2, 0.25) is 5.95 Å². The van der Waals surface area contributed by atoms with E-state index in [1.54, 1.807) is 10.7 Å². The molecule has 3 aromatic heterocycles. The molecule has 0 amide bonds. The predicted octanol–water partition coefficient (Wildman–Crippen LogP) is 1.03. The predicted molar refractivity (Wildman–Crippen MR) is 95.2 cm³/mol. The summed E-state index contributed by atoms with van der Waals surface area (Å²) in [6, 6.07) is 7.73. The lowest BCUT2D eigenvalue weighted by Gasteiger charge is -2.25. The molecule has 8 heteroatoms. The number of fused-ring (bicyclic) bond motifs is 2. The van der Waals surface area contributed by atoms with Gasteiger partial charge in [-0.05, 0) is 25.0 Å². The Bertz CT molecular complexity index is 1010. The van der Waals surface area contributed by atoms with Crippen LogP contribution in [0.15, 0.2) is 35.3 Å². The maximum atomic E-state index is 12.5. The molecule has 1 fully saturated rings. The average Bonchev–Trinajstić information content (AvgIpc) is 3.28. The lowest BCUT2D eigenvalue weighted by Crippen LogP contribution is -2.38. The highest BCUT2D eigenvalue weighted by Gasteiger charge is 2.29. The number of pyridine rings is 1. The van der Waals surface area contributed by atoms with Crippen molar-refractivity contribution in [1.82, 2.24) is 24.4 Å². The molecule has 2 aliphatic heterocycles. The van der Waals surface area contributed by atoms with E-state index in [9.17, 15) is 4.79 Å². The smallest absolute Gasteiger partial charge is 0.267 e. The topological polar surface area (TPSA) is 77.6 Å². The molecule has 0 bridgehead atoms. The van der Waals surface area contributed by atoms with E-state index in [-0.39, 0.29) is 11.6 Å². The van der Waals surface area contributed by atoms with E-state index in [1.807, 2.05) is 28.8 Å². The molecule has 134 valence electrons. The number of nitrogens with zero attached hydrogens (tertiary/aromatic N) is 6. The summed E-state index contributed by atoms with van der Waals surface area (Å²) < 4.78 is 9.02. The van der Waals surface area contributed by atoms with E-state index in [0.717, 1.165) is 48.7 Å². The fraction of sp³-hybridized carbons (Fsp3) is 0.444. The fourth-order valence-corrected chi connectivity index (χ4v) is 3.90. The third kappa shape index (κ3) is 2.57. The van der Waals surface area contributed by atoms with Crippen molar-refractivity contribution in [3.63, 3.8) is 0 Å². The molecular weight excluding hydrogens is 332 g/mol. The number of hydrogen-bond acceptors (Lipinski definition) is 6. The maximum Gasteiger partial charge on any atom is 0.267 e. The summed E-state index contributed by atoms with van der Waals surface area (Å²) in [4.78, 5) is 14.7. The Hall–Kier alpha value is -2.74. The van der Waals surface area contributed by atoms with Crippen molar-refractivity contribution in [2.45, 2.75) is 38.5 Å². The van der Waals surface area contributed by atoms with E-state index in [2.05, 4.69) is 20.2 Å². The molecule has 0 N–H and O–H groups in total. The van der Waals surface area contributed by atoms with Gasteiger partial charge in [-0.1, -0.05) is 6.07 Å². The zero-order chi connectivity index (χ0) is 17.5. The van der Waals surface area contributed by atoms with Crippen molar-refractivity contribution < 1.29 is 4.74 Å². The Morgan fingerprint density at radius 2 is 2.23 bits per heavy atom. The summed E-state index contributed by atoms with van der Waals surface area (Å²) in [5.74, 6) is 0.836. The highest BCUT2D eigenvalue weighted by Crippen LogP contribution is 2.25. The van der Waals surface area contributed by atoms with E-state index in [0.29, 0.717) is 19.8 Å². The molecule has 2 aliphatic rings. The van der Waals surface area contributed by atoms with Gasteiger partial charge in [-0.15, -0.1) is 10.2 Å². The lowest BCUT2D eigenvalue weighted by atomic mass is 10.1. The molecule has 5 heterocycles. The van der Waals surface area contributed by atoms with Gasteiger partial charge in [0, 0.05) is 30.8 Å². The van der Waals surface area contributed by atoms with Crippen molar-refractivity contribution in [3.8, 4) is 0 Å². The monoisotopic (exact) mass is 352 g/mol. The number of rotatable bonds is 3. The summed E-state index contributed by atoms with van der Waals surface area (Å²) in [6.07, 6.45) is 4.82. The summed E-state index contributed by atoms with van der Waals surface area (Å²) in [5, 5.41) is 13.2. The van der Waals surface area contributed by atoms with Crippen LogP contribution < -0.4 is 10.5 Å². The van der Waals surface area contributed by atoms with Gasteiger partial charge < -0.3 is 9.64 Å². The first-order valence-electron chi connectivity index (χ1n) is 9.04. The fourth-order valence-electron chi connectivity index (χ4n) is 3.90. The van der Waals surface area contributed by atoms with Gasteiger partial charge in [0.05, 0.1) is 31.5 Å². The summed E-state index contributed by atoms with van der Waals surface area (Å²) in [7, 11) is 0. The van der Waals surface area contributed by atoms with E-state index in [4.69, 9.17) is 4.74 Å². The van der Waals surface area contributed by atoms with Gasteiger partial charge in [0.15, 0.2) is 5.65 Å². The highest BCUT2D eigenvalue weighted by atomic mass is 16.5. The number of anilines is 1. The minimum Gasteiger partial charge on any atom is -0.376 e. The first-order valence-corrected chi connectivity index (χ1v) is 9.04. The van der Waals surface area contributed by atoms with Crippen LogP contribution >= 0.6 is 0 Å². The zero-order valence-corrected chi connectivity index (χ0v) is 14.4. The van der Waals surface area contributed by atoms with Crippen LogP contribution in [-0.2, 0) is 24.3 Å². The summed E-state index contributed by atoms with van der Waals surface area (Å²) in [6.45, 7) is 2.63. The number of aromatic nitrogens is 5. The van der Waals surface area contributed by atoms with Gasteiger partial charge in [0.1, 0.15) is 0 Å². The van der Waals surface area contributed by atoms with Crippen LogP contribution in [0.2, 0.25) is 0 Å². The summed E-state index contributed by atoms with van der Waals surface area (Å²) in [5.41, 5.74) is 2.67. The molecule has 0 spiro atoms. The molecule has 0 aromatic carbocycles. The second-order valence-corrected chi connectivity index (χ2v) is 6.86. The highest BCUT2D eigenvalue weighted by molar-refractivity contribution is 5.47. The number of hydrogen-bond donors (Lipinski definition) is 0.